The summed E-state index contributed by atoms with van der Waals surface area (Å²) < 4.78 is 16.9. The molecule has 4 N–H and O–H groups in total. The quantitative estimate of drug-likeness (QED) is 0.261. The molecule has 0 aliphatic carbocycles. The second-order valence-corrected chi connectivity index (χ2v) is 7.72. The van der Waals surface area contributed by atoms with Gasteiger partial charge in [0.25, 0.3) is 0 Å². The summed E-state index contributed by atoms with van der Waals surface area (Å²) in [6.07, 6.45) is 1.93. The van der Waals surface area contributed by atoms with Gasteiger partial charge in [-0.3, -0.25) is 4.79 Å². The van der Waals surface area contributed by atoms with Gasteiger partial charge >= 0.3 is 0 Å². The molecule has 0 aliphatic rings. The zero-order valence-electron chi connectivity index (χ0n) is 17.5. The van der Waals surface area contributed by atoms with E-state index in [1.807, 2.05) is 0 Å². The fourth-order valence-corrected chi connectivity index (χ4v) is 3.42. The molecule has 4 rings (SSSR count). The average molecular weight is 464 g/mol. The largest absolute Gasteiger partial charge is 0.508 e. The number of aromatic hydroxyl groups is 2. The van der Waals surface area contributed by atoms with Gasteiger partial charge in [-0.1, -0.05) is 24.4 Å². The second kappa shape index (κ2) is 9.62. The van der Waals surface area contributed by atoms with E-state index in [1.54, 1.807) is 42.5 Å². The fraction of sp³-hybridized carbons (Fsp3) is 0.120. The van der Waals surface area contributed by atoms with Gasteiger partial charge in [0.15, 0.2) is 0 Å². The van der Waals surface area contributed by atoms with Gasteiger partial charge in [-0.25, -0.2) is 0 Å². The van der Waals surface area contributed by atoms with Crippen LogP contribution in [0.4, 0.5) is 0 Å². The number of hydrogen-bond acceptors (Lipinski definition) is 7. The maximum atomic E-state index is 12.9. The van der Waals surface area contributed by atoms with Crippen LogP contribution >= 0.6 is 12.2 Å². The summed E-state index contributed by atoms with van der Waals surface area (Å²) in [4.78, 5) is 13.2. The van der Waals surface area contributed by atoms with E-state index < -0.39 is 0 Å². The van der Waals surface area contributed by atoms with Gasteiger partial charge in [0.1, 0.15) is 45.2 Å². The highest BCUT2D eigenvalue weighted by atomic mass is 32.1. The maximum Gasteiger partial charge on any atom is 0.204 e. The lowest BCUT2D eigenvalue weighted by molar-refractivity contribution is 0.247. The number of nitrogens with two attached hydrogens (primary N) is 1. The van der Waals surface area contributed by atoms with Crippen LogP contribution in [-0.2, 0) is 0 Å². The number of rotatable bonds is 8. The molecule has 0 amide bonds. The molecule has 3 aromatic carbocycles. The first kappa shape index (κ1) is 22.2. The number of fused-ring (bicyclic) bond motifs is 1. The molecule has 0 spiro atoms. The molecule has 0 saturated heterocycles. The summed E-state index contributed by atoms with van der Waals surface area (Å²) >= 11 is 4.92. The standard InChI is InChI=1S/C25H21NO6S/c26-25(33)16-4-8-18(9-5-16)30-10-1-11-31-19-12-21(28)23-22(13-19)32-14-20(24(23)29)15-2-6-17(27)7-3-15/h2-9,12-14,27-28H,1,10-11H2,(H2,26,33). The van der Waals surface area contributed by atoms with Gasteiger partial charge in [-0.2, -0.15) is 0 Å². The monoisotopic (exact) mass is 463 g/mol. The van der Waals surface area contributed by atoms with E-state index in [1.165, 1.54) is 24.5 Å². The Hall–Kier alpha value is -4.04. The van der Waals surface area contributed by atoms with Gasteiger partial charge in [0.05, 0.1) is 18.8 Å². The maximum absolute atomic E-state index is 12.9. The third-order valence-corrected chi connectivity index (χ3v) is 5.21. The van der Waals surface area contributed by atoms with Gasteiger partial charge in [0.2, 0.25) is 5.43 Å². The minimum Gasteiger partial charge on any atom is -0.508 e. The van der Waals surface area contributed by atoms with Gasteiger partial charge in [-0.15, -0.1) is 0 Å². The highest BCUT2D eigenvalue weighted by Crippen LogP contribution is 2.30. The lowest BCUT2D eigenvalue weighted by Gasteiger charge is -2.10. The van der Waals surface area contributed by atoms with Crippen LogP contribution in [0.5, 0.6) is 23.0 Å². The van der Waals surface area contributed by atoms with E-state index in [0.717, 1.165) is 5.56 Å². The van der Waals surface area contributed by atoms with Crippen molar-refractivity contribution >= 4 is 28.2 Å². The smallest absolute Gasteiger partial charge is 0.204 e. The van der Waals surface area contributed by atoms with E-state index in [0.29, 0.717) is 41.7 Å². The van der Waals surface area contributed by atoms with Crippen LogP contribution in [0.2, 0.25) is 0 Å². The Labute approximate surface area is 194 Å². The van der Waals surface area contributed by atoms with E-state index >= 15 is 0 Å². The normalized spacial score (nSPS) is 10.8. The van der Waals surface area contributed by atoms with Crippen molar-refractivity contribution in [3.05, 3.63) is 82.7 Å². The number of hydrogen-bond donors (Lipinski definition) is 3. The molecule has 33 heavy (non-hydrogen) atoms. The predicted octanol–water partition coefficient (Wildman–Crippen LogP) is 4.35. The Morgan fingerprint density at radius 3 is 2.27 bits per heavy atom. The van der Waals surface area contributed by atoms with Crippen molar-refractivity contribution in [2.24, 2.45) is 5.73 Å². The molecule has 1 aromatic heterocycles. The Morgan fingerprint density at radius 1 is 0.939 bits per heavy atom. The van der Waals surface area contributed by atoms with Crippen LogP contribution < -0.4 is 20.6 Å². The van der Waals surface area contributed by atoms with Crippen molar-refractivity contribution in [1.29, 1.82) is 0 Å². The highest BCUT2D eigenvalue weighted by Gasteiger charge is 2.14. The van der Waals surface area contributed by atoms with Crippen molar-refractivity contribution in [2.45, 2.75) is 6.42 Å². The van der Waals surface area contributed by atoms with Crippen molar-refractivity contribution in [3.8, 4) is 34.1 Å². The van der Waals surface area contributed by atoms with Gasteiger partial charge in [0, 0.05) is 24.1 Å². The average Bonchev–Trinajstić information content (AvgIpc) is 2.80. The molecule has 7 nitrogen and oxygen atoms in total. The Kier molecular flexibility index (Phi) is 6.46. The van der Waals surface area contributed by atoms with Crippen molar-refractivity contribution in [2.75, 3.05) is 13.2 Å². The van der Waals surface area contributed by atoms with Gasteiger partial charge in [-0.05, 0) is 42.0 Å². The summed E-state index contributed by atoms with van der Waals surface area (Å²) in [5.41, 5.74) is 7.05. The second-order valence-electron chi connectivity index (χ2n) is 7.28. The zero-order valence-corrected chi connectivity index (χ0v) is 18.3. The molecule has 0 bridgehead atoms. The van der Waals surface area contributed by atoms with E-state index in [9.17, 15) is 15.0 Å². The van der Waals surface area contributed by atoms with Crippen molar-refractivity contribution in [3.63, 3.8) is 0 Å². The molecule has 0 saturated carbocycles. The van der Waals surface area contributed by atoms with Crippen molar-refractivity contribution < 1.29 is 24.1 Å². The van der Waals surface area contributed by atoms with Crippen molar-refractivity contribution in [1.82, 2.24) is 0 Å². The molecule has 0 atom stereocenters. The SMILES string of the molecule is NC(=S)c1ccc(OCCCOc2cc(O)c3c(=O)c(-c4ccc(O)cc4)coc3c2)cc1. The Balaban J connectivity index is 1.39. The Morgan fingerprint density at radius 2 is 1.61 bits per heavy atom. The first-order chi connectivity index (χ1) is 15.9. The van der Waals surface area contributed by atoms with E-state index in [2.05, 4.69) is 0 Å². The molecule has 8 heteroatoms. The molecule has 4 aromatic rings. The summed E-state index contributed by atoms with van der Waals surface area (Å²) in [6, 6.07) is 16.3. The lowest BCUT2D eigenvalue weighted by atomic mass is 10.0. The van der Waals surface area contributed by atoms with Crippen LogP contribution in [0.15, 0.2) is 76.1 Å². The predicted molar refractivity (Wildman–Crippen MR) is 129 cm³/mol. The minimum atomic E-state index is -0.374. The summed E-state index contributed by atoms with van der Waals surface area (Å²) in [6.45, 7) is 0.767. The lowest BCUT2D eigenvalue weighted by Crippen LogP contribution is -2.09. The van der Waals surface area contributed by atoms with Gasteiger partial charge < -0.3 is 29.8 Å². The van der Waals surface area contributed by atoms with Crippen LogP contribution in [0.3, 0.4) is 0 Å². The molecule has 168 valence electrons. The zero-order chi connectivity index (χ0) is 23.4. The highest BCUT2D eigenvalue weighted by molar-refractivity contribution is 7.80. The molecule has 0 radical (unpaired) electrons. The molecule has 0 aliphatic heterocycles. The van der Waals surface area contributed by atoms with E-state index in [4.69, 9.17) is 31.8 Å². The first-order valence-corrected chi connectivity index (χ1v) is 10.6. The van der Waals surface area contributed by atoms with Crippen LogP contribution in [0.25, 0.3) is 22.1 Å². The van der Waals surface area contributed by atoms with E-state index in [-0.39, 0.29) is 33.5 Å². The molecular formula is C25H21NO6S. The topological polar surface area (TPSA) is 115 Å². The fourth-order valence-electron chi connectivity index (χ4n) is 3.29. The number of benzene rings is 3. The minimum absolute atomic E-state index is 0.0664. The Bertz CT molecular complexity index is 1350. The first-order valence-electron chi connectivity index (χ1n) is 10.2. The molecular weight excluding hydrogens is 442 g/mol. The van der Waals surface area contributed by atoms with Crippen LogP contribution in [0, 0.1) is 0 Å². The summed E-state index contributed by atoms with van der Waals surface area (Å²) in [5, 5.41) is 19.9. The summed E-state index contributed by atoms with van der Waals surface area (Å²) in [7, 11) is 0. The number of thiocarbonyl (C=S) groups is 1. The number of phenolic OH excluding ortho intramolecular Hbond substituents is 2. The van der Waals surface area contributed by atoms with Crippen LogP contribution in [0.1, 0.15) is 12.0 Å². The third-order valence-electron chi connectivity index (χ3n) is 4.97. The number of ether oxygens (including phenoxy) is 2. The number of phenols is 2. The summed E-state index contributed by atoms with van der Waals surface area (Å²) in [5.74, 6) is 0.935. The third kappa shape index (κ3) is 5.07. The molecule has 0 fully saturated rings. The van der Waals surface area contributed by atoms with Crippen LogP contribution in [-0.4, -0.2) is 28.4 Å². The molecule has 0 unspecified atom stereocenters. The molecule has 1 heterocycles.